The molecule has 0 heterocycles. The van der Waals surface area contributed by atoms with Crippen LogP contribution in [0.2, 0.25) is 0 Å². The van der Waals surface area contributed by atoms with Crippen LogP contribution in [0.1, 0.15) is 5.56 Å². The van der Waals surface area contributed by atoms with Crippen molar-refractivity contribution in [1.82, 2.24) is 0 Å². The first-order valence-corrected chi connectivity index (χ1v) is 7.71. The van der Waals surface area contributed by atoms with Gasteiger partial charge in [-0.05, 0) is 11.6 Å². The number of ether oxygens (including phenoxy) is 1. The molecule has 0 aliphatic heterocycles. The summed E-state index contributed by atoms with van der Waals surface area (Å²) in [4.78, 5) is 32.1. The van der Waals surface area contributed by atoms with Gasteiger partial charge < -0.3 is 4.74 Å². The van der Waals surface area contributed by atoms with E-state index in [1.165, 1.54) is 6.07 Å². The van der Waals surface area contributed by atoms with Crippen LogP contribution in [-0.2, 0) is 16.1 Å². The van der Waals surface area contributed by atoms with E-state index in [2.05, 4.69) is 0 Å². The van der Waals surface area contributed by atoms with Crippen molar-refractivity contribution >= 4 is 29.1 Å². The SMILES string of the molecule is O=C(CSc1ccc([N+](=O)[O-])cc1[N+](=O)[O-])OCc1ccccc1. The van der Waals surface area contributed by atoms with E-state index in [9.17, 15) is 25.0 Å². The van der Waals surface area contributed by atoms with Gasteiger partial charge in [-0.1, -0.05) is 30.3 Å². The van der Waals surface area contributed by atoms with E-state index in [4.69, 9.17) is 4.74 Å². The molecule has 24 heavy (non-hydrogen) atoms. The molecule has 0 N–H and O–H groups in total. The summed E-state index contributed by atoms with van der Waals surface area (Å²) in [7, 11) is 0. The molecule has 0 aliphatic carbocycles. The number of benzene rings is 2. The Hall–Kier alpha value is -2.94. The molecule has 0 aliphatic rings. The summed E-state index contributed by atoms with van der Waals surface area (Å²) in [6.45, 7) is 0.114. The highest BCUT2D eigenvalue weighted by Crippen LogP contribution is 2.32. The number of hydrogen-bond donors (Lipinski definition) is 0. The van der Waals surface area contributed by atoms with Gasteiger partial charge in [-0.2, -0.15) is 0 Å². The predicted octanol–water partition coefficient (Wildman–Crippen LogP) is 3.34. The van der Waals surface area contributed by atoms with Crippen molar-refractivity contribution in [2.24, 2.45) is 0 Å². The summed E-state index contributed by atoms with van der Waals surface area (Å²) >= 11 is 0.900. The Morgan fingerprint density at radius 3 is 2.38 bits per heavy atom. The van der Waals surface area contributed by atoms with Crippen LogP contribution in [0, 0.1) is 20.2 Å². The third-order valence-electron chi connectivity index (χ3n) is 2.94. The number of nitro benzene ring substituents is 2. The van der Waals surface area contributed by atoms with E-state index in [1.807, 2.05) is 30.3 Å². The Labute approximate surface area is 140 Å². The van der Waals surface area contributed by atoms with Crippen molar-refractivity contribution in [3.05, 3.63) is 74.3 Å². The molecular weight excluding hydrogens is 336 g/mol. The Kier molecular flexibility index (Phi) is 5.85. The zero-order chi connectivity index (χ0) is 17.5. The Bertz CT molecular complexity index is 766. The van der Waals surface area contributed by atoms with Gasteiger partial charge in [0.2, 0.25) is 0 Å². The van der Waals surface area contributed by atoms with E-state index in [-0.39, 0.29) is 22.9 Å². The first kappa shape index (κ1) is 17.4. The van der Waals surface area contributed by atoms with Crippen LogP contribution in [0.25, 0.3) is 0 Å². The summed E-state index contributed by atoms with van der Waals surface area (Å²) in [6, 6.07) is 12.4. The molecule has 2 aromatic carbocycles. The molecule has 0 aromatic heterocycles. The van der Waals surface area contributed by atoms with Crippen LogP contribution in [0.4, 0.5) is 11.4 Å². The van der Waals surface area contributed by atoms with E-state index in [0.29, 0.717) is 0 Å². The highest BCUT2D eigenvalue weighted by molar-refractivity contribution is 8.00. The lowest BCUT2D eigenvalue weighted by atomic mass is 10.2. The first-order valence-electron chi connectivity index (χ1n) is 6.72. The molecule has 8 nitrogen and oxygen atoms in total. The van der Waals surface area contributed by atoms with Crippen molar-refractivity contribution in [3.8, 4) is 0 Å². The van der Waals surface area contributed by atoms with E-state index < -0.39 is 21.5 Å². The molecule has 0 radical (unpaired) electrons. The van der Waals surface area contributed by atoms with Crippen molar-refractivity contribution in [2.75, 3.05) is 5.75 Å². The maximum Gasteiger partial charge on any atom is 0.316 e. The quantitative estimate of drug-likeness (QED) is 0.326. The summed E-state index contributed by atoms with van der Waals surface area (Å²) in [5.41, 5.74) is 0.0416. The van der Waals surface area contributed by atoms with E-state index in [0.717, 1.165) is 29.5 Å². The zero-order valence-electron chi connectivity index (χ0n) is 12.3. The lowest BCUT2D eigenvalue weighted by Gasteiger charge is -2.05. The van der Waals surface area contributed by atoms with Crippen LogP contribution in [-0.4, -0.2) is 21.6 Å². The second-order valence-electron chi connectivity index (χ2n) is 4.60. The van der Waals surface area contributed by atoms with Gasteiger partial charge in [-0.25, -0.2) is 0 Å². The van der Waals surface area contributed by atoms with Gasteiger partial charge in [-0.15, -0.1) is 11.8 Å². The minimum atomic E-state index is -0.718. The molecule has 2 rings (SSSR count). The van der Waals surface area contributed by atoms with Crippen molar-refractivity contribution in [2.45, 2.75) is 11.5 Å². The molecule has 124 valence electrons. The lowest BCUT2D eigenvalue weighted by molar-refractivity contribution is -0.396. The Balaban J connectivity index is 1.97. The molecule has 0 spiro atoms. The fourth-order valence-electron chi connectivity index (χ4n) is 1.80. The van der Waals surface area contributed by atoms with Gasteiger partial charge in [0.1, 0.15) is 6.61 Å². The normalized spacial score (nSPS) is 10.2. The predicted molar refractivity (Wildman–Crippen MR) is 86.7 cm³/mol. The van der Waals surface area contributed by atoms with Gasteiger partial charge in [0, 0.05) is 6.07 Å². The third-order valence-corrected chi connectivity index (χ3v) is 3.97. The second kappa shape index (κ2) is 8.06. The molecule has 0 saturated carbocycles. The van der Waals surface area contributed by atoms with Crippen LogP contribution in [0.15, 0.2) is 53.4 Å². The largest absolute Gasteiger partial charge is 0.460 e. The van der Waals surface area contributed by atoms with Crippen LogP contribution in [0.5, 0.6) is 0 Å². The minimum absolute atomic E-state index is 0.114. The molecule has 9 heteroatoms. The first-order chi connectivity index (χ1) is 11.5. The average Bonchev–Trinajstić information content (AvgIpc) is 2.58. The second-order valence-corrected chi connectivity index (χ2v) is 5.62. The van der Waals surface area contributed by atoms with E-state index in [1.54, 1.807) is 0 Å². The number of hydrogen-bond acceptors (Lipinski definition) is 7. The van der Waals surface area contributed by atoms with Crippen LogP contribution >= 0.6 is 11.8 Å². The van der Waals surface area contributed by atoms with Gasteiger partial charge in [0.25, 0.3) is 11.4 Å². The van der Waals surface area contributed by atoms with Crippen molar-refractivity contribution in [1.29, 1.82) is 0 Å². The number of nitro groups is 2. The number of esters is 1. The molecule has 0 bridgehead atoms. The fourth-order valence-corrected chi connectivity index (χ4v) is 2.60. The zero-order valence-corrected chi connectivity index (χ0v) is 13.1. The highest BCUT2D eigenvalue weighted by atomic mass is 32.2. The van der Waals surface area contributed by atoms with Crippen molar-refractivity contribution in [3.63, 3.8) is 0 Å². The number of carbonyl (C=O) groups is 1. The maximum absolute atomic E-state index is 11.7. The Morgan fingerprint density at radius 2 is 1.75 bits per heavy atom. The number of rotatable bonds is 7. The summed E-state index contributed by atoms with van der Waals surface area (Å²) in [5, 5.41) is 21.7. The smallest absolute Gasteiger partial charge is 0.316 e. The molecule has 2 aromatic rings. The van der Waals surface area contributed by atoms with Gasteiger partial charge in [-0.3, -0.25) is 25.0 Å². The van der Waals surface area contributed by atoms with Gasteiger partial charge in [0.05, 0.1) is 26.6 Å². The minimum Gasteiger partial charge on any atom is -0.460 e. The maximum atomic E-state index is 11.7. The fraction of sp³-hybridized carbons (Fsp3) is 0.133. The highest BCUT2D eigenvalue weighted by Gasteiger charge is 2.20. The van der Waals surface area contributed by atoms with E-state index >= 15 is 0 Å². The number of non-ortho nitro benzene ring substituents is 1. The molecule has 0 saturated heterocycles. The van der Waals surface area contributed by atoms with Gasteiger partial charge >= 0.3 is 5.97 Å². The topological polar surface area (TPSA) is 113 Å². The van der Waals surface area contributed by atoms with Crippen LogP contribution < -0.4 is 0 Å². The standard InChI is InChI=1S/C15H12N2O6S/c18-15(23-9-11-4-2-1-3-5-11)10-24-14-7-6-12(16(19)20)8-13(14)17(21)22/h1-8H,9-10H2. The lowest BCUT2D eigenvalue weighted by Crippen LogP contribution is -2.07. The summed E-state index contributed by atoms with van der Waals surface area (Å²) < 4.78 is 5.07. The Morgan fingerprint density at radius 1 is 1.04 bits per heavy atom. The van der Waals surface area contributed by atoms with Crippen molar-refractivity contribution < 1.29 is 19.4 Å². The monoisotopic (exact) mass is 348 g/mol. The van der Waals surface area contributed by atoms with Crippen LogP contribution in [0.3, 0.4) is 0 Å². The summed E-state index contributed by atoms with van der Waals surface area (Å²) in [5.74, 6) is -0.664. The number of nitrogens with zero attached hydrogens (tertiary/aromatic N) is 2. The molecule has 0 atom stereocenters. The van der Waals surface area contributed by atoms with Gasteiger partial charge in [0.15, 0.2) is 0 Å². The molecule has 0 unspecified atom stereocenters. The molecule has 0 amide bonds. The molecule has 0 fully saturated rings. The molecular formula is C15H12N2O6S. The number of carbonyl (C=O) groups excluding carboxylic acids is 1. The number of thioether (sulfide) groups is 1. The third kappa shape index (κ3) is 4.78. The summed E-state index contributed by atoms with van der Waals surface area (Å²) in [6.07, 6.45) is 0. The average molecular weight is 348 g/mol.